The molecule has 0 atom stereocenters. The molecule has 1 rings (SSSR count). The first-order valence-corrected chi connectivity index (χ1v) is 6.23. The highest BCUT2D eigenvalue weighted by atomic mass is 16.6. The summed E-state index contributed by atoms with van der Waals surface area (Å²) in [6.07, 6.45) is 1.74. The normalized spacial score (nSPS) is 10.2. The number of ether oxygens (including phenoxy) is 2. The molecule has 0 unspecified atom stereocenters. The lowest BCUT2D eigenvalue weighted by Crippen LogP contribution is -2.13. The van der Waals surface area contributed by atoms with Gasteiger partial charge in [-0.15, -0.1) is 0 Å². The molecule has 0 heterocycles. The van der Waals surface area contributed by atoms with Crippen LogP contribution in [0.25, 0.3) is 0 Å². The minimum Gasteiger partial charge on any atom is -0.463 e. The average Bonchev–Trinajstić information content (AvgIpc) is 2.51. The summed E-state index contributed by atoms with van der Waals surface area (Å²) in [5, 5.41) is 10.5. The second-order valence-corrected chi connectivity index (χ2v) is 3.92. The summed E-state index contributed by atoms with van der Waals surface area (Å²) in [4.78, 5) is 43.8. The van der Waals surface area contributed by atoms with Crippen molar-refractivity contribution in [3.05, 3.63) is 52.1 Å². The Hall–Kier alpha value is -3.03. The van der Waals surface area contributed by atoms with Gasteiger partial charge < -0.3 is 9.47 Å². The summed E-state index contributed by atoms with van der Waals surface area (Å²) in [6, 6.07) is 4.89. The lowest BCUT2D eigenvalue weighted by Gasteiger charge is -2.01. The van der Waals surface area contributed by atoms with Crippen LogP contribution in [0.1, 0.15) is 17.3 Å². The second-order valence-electron chi connectivity index (χ2n) is 3.92. The zero-order chi connectivity index (χ0) is 16.5. The van der Waals surface area contributed by atoms with Crippen molar-refractivity contribution in [2.75, 3.05) is 13.2 Å². The number of esters is 2. The molecule has 0 aliphatic rings. The monoisotopic (exact) mass is 307 g/mol. The highest BCUT2D eigenvalue weighted by Gasteiger charge is 2.11. The highest BCUT2D eigenvalue weighted by Crippen LogP contribution is 2.12. The molecule has 8 nitrogen and oxygen atoms in total. The molecule has 0 saturated carbocycles. The van der Waals surface area contributed by atoms with E-state index in [9.17, 15) is 24.5 Å². The Morgan fingerprint density at radius 2 is 1.64 bits per heavy atom. The van der Waals surface area contributed by atoms with Crippen molar-refractivity contribution in [3.8, 4) is 0 Å². The first-order valence-electron chi connectivity index (χ1n) is 6.23. The number of Topliss-reactive ketones (excluding diaryl/α,β-unsaturated/α-hetero) is 1. The van der Waals surface area contributed by atoms with Gasteiger partial charge >= 0.3 is 11.9 Å². The van der Waals surface area contributed by atoms with Crippen molar-refractivity contribution >= 4 is 23.4 Å². The topological polar surface area (TPSA) is 113 Å². The van der Waals surface area contributed by atoms with E-state index >= 15 is 0 Å². The summed E-state index contributed by atoms with van der Waals surface area (Å²) in [7, 11) is 0. The molecule has 0 bridgehead atoms. The van der Waals surface area contributed by atoms with E-state index in [1.54, 1.807) is 6.92 Å². The van der Waals surface area contributed by atoms with Gasteiger partial charge in [0, 0.05) is 29.8 Å². The molecule has 0 amide bonds. The van der Waals surface area contributed by atoms with Crippen LogP contribution in [0.15, 0.2) is 36.4 Å². The van der Waals surface area contributed by atoms with E-state index in [4.69, 9.17) is 0 Å². The van der Waals surface area contributed by atoms with Crippen LogP contribution in [-0.4, -0.2) is 35.9 Å². The van der Waals surface area contributed by atoms with Crippen molar-refractivity contribution in [3.63, 3.8) is 0 Å². The smallest absolute Gasteiger partial charge is 0.331 e. The highest BCUT2D eigenvalue weighted by molar-refractivity contribution is 5.99. The molecule has 1 aromatic rings. The van der Waals surface area contributed by atoms with Gasteiger partial charge in [0.2, 0.25) is 0 Å². The van der Waals surface area contributed by atoms with Crippen LogP contribution in [0.4, 0.5) is 5.69 Å². The number of ketones is 1. The third-order valence-electron chi connectivity index (χ3n) is 2.39. The molecule has 0 aliphatic heterocycles. The molecular weight excluding hydrogens is 294 g/mol. The fourth-order valence-corrected chi connectivity index (χ4v) is 1.36. The zero-order valence-electron chi connectivity index (χ0n) is 11.7. The maximum absolute atomic E-state index is 11.7. The summed E-state index contributed by atoms with van der Waals surface area (Å²) >= 11 is 0. The minimum absolute atomic E-state index is 0.147. The van der Waals surface area contributed by atoms with Crippen molar-refractivity contribution in [1.82, 2.24) is 0 Å². The summed E-state index contributed by atoms with van der Waals surface area (Å²) in [5.41, 5.74) is 0.0266. The van der Waals surface area contributed by atoms with Gasteiger partial charge in [0.25, 0.3) is 5.69 Å². The second kappa shape index (κ2) is 8.30. The summed E-state index contributed by atoms with van der Waals surface area (Å²) in [6.45, 7) is 1.26. The number of nitro groups is 1. The number of nitro benzene ring substituents is 1. The molecular formula is C14H13NO7. The van der Waals surface area contributed by atoms with Crippen molar-refractivity contribution in [2.45, 2.75) is 6.92 Å². The van der Waals surface area contributed by atoms with Crippen molar-refractivity contribution < 1.29 is 28.8 Å². The lowest BCUT2D eigenvalue weighted by molar-refractivity contribution is -0.384. The first-order chi connectivity index (χ1) is 10.4. The molecule has 0 fully saturated rings. The number of benzene rings is 1. The third-order valence-corrected chi connectivity index (χ3v) is 2.39. The maximum Gasteiger partial charge on any atom is 0.331 e. The van der Waals surface area contributed by atoms with E-state index in [2.05, 4.69) is 9.47 Å². The van der Waals surface area contributed by atoms with Crippen molar-refractivity contribution in [1.29, 1.82) is 0 Å². The molecule has 0 radical (unpaired) electrons. The standard InChI is InChI=1S/C14H13NO7/c1-2-21-13(17)7-8-14(18)22-9-12(16)10-3-5-11(6-4-10)15(19)20/h3-8H,2,9H2,1H3/b8-7+. The molecule has 8 heteroatoms. The van der Waals surface area contributed by atoms with Crippen LogP contribution in [-0.2, 0) is 19.1 Å². The van der Waals surface area contributed by atoms with Gasteiger partial charge in [-0.25, -0.2) is 9.59 Å². The molecule has 0 aliphatic carbocycles. The average molecular weight is 307 g/mol. The number of carbonyl (C=O) groups is 3. The van der Waals surface area contributed by atoms with Gasteiger partial charge in [0.05, 0.1) is 11.5 Å². The molecule has 0 saturated heterocycles. The van der Waals surface area contributed by atoms with E-state index in [1.165, 1.54) is 24.3 Å². The van der Waals surface area contributed by atoms with Crippen LogP contribution in [0.2, 0.25) is 0 Å². The maximum atomic E-state index is 11.7. The van der Waals surface area contributed by atoms with Gasteiger partial charge in [0.1, 0.15) is 0 Å². The van der Waals surface area contributed by atoms with E-state index in [-0.39, 0.29) is 17.9 Å². The Balaban J connectivity index is 2.50. The Bertz CT molecular complexity index is 604. The number of rotatable bonds is 7. The summed E-state index contributed by atoms with van der Waals surface area (Å²) < 4.78 is 9.21. The molecule has 0 aromatic heterocycles. The molecule has 0 N–H and O–H groups in total. The number of hydrogen-bond donors (Lipinski definition) is 0. The first kappa shape index (κ1) is 17.0. The van der Waals surface area contributed by atoms with Crippen LogP contribution in [0, 0.1) is 10.1 Å². The van der Waals surface area contributed by atoms with E-state index in [1.807, 2.05) is 0 Å². The fourth-order valence-electron chi connectivity index (χ4n) is 1.36. The number of hydrogen-bond acceptors (Lipinski definition) is 7. The minimum atomic E-state index is -0.872. The Morgan fingerprint density at radius 3 is 2.14 bits per heavy atom. The number of nitrogens with zero attached hydrogens (tertiary/aromatic N) is 1. The molecule has 1 aromatic carbocycles. The van der Waals surface area contributed by atoms with Gasteiger partial charge in [-0.3, -0.25) is 14.9 Å². The molecule has 0 spiro atoms. The predicted molar refractivity (Wildman–Crippen MR) is 74.2 cm³/mol. The van der Waals surface area contributed by atoms with E-state index in [0.29, 0.717) is 0 Å². The third kappa shape index (κ3) is 5.53. The van der Waals surface area contributed by atoms with Crippen molar-refractivity contribution in [2.24, 2.45) is 0 Å². The van der Waals surface area contributed by atoms with Crippen LogP contribution < -0.4 is 0 Å². The van der Waals surface area contributed by atoms with E-state index in [0.717, 1.165) is 12.2 Å². The molecule has 116 valence electrons. The largest absolute Gasteiger partial charge is 0.463 e. The Morgan fingerprint density at radius 1 is 1.09 bits per heavy atom. The van der Waals surface area contributed by atoms with Crippen LogP contribution in [0.5, 0.6) is 0 Å². The SMILES string of the molecule is CCOC(=O)/C=C/C(=O)OCC(=O)c1ccc([N+](=O)[O-])cc1. The number of non-ortho nitro benzene ring substituents is 1. The van der Waals surface area contributed by atoms with Crippen LogP contribution in [0.3, 0.4) is 0 Å². The predicted octanol–water partition coefficient (Wildman–Crippen LogP) is 1.44. The van der Waals surface area contributed by atoms with Gasteiger partial charge in [0.15, 0.2) is 12.4 Å². The fraction of sp³-hybridized carbons (Fsp3) is 0.214. The van der Waals surface area contributed by atoms with Crippen LogP contribution >= 0.6 is 0 Å². The Labute approximate surface area is 125 Å². The Kier molecular flexibility index (Phi) is 6.42. The quantitative estimate of drug-likeness (QED) is 0.246. The lowest BCUT2D eigenvalue weighted by atomic mass is 10.1. The number of carbonyl (C=O) groups excluding carboxylic acids is 3. The van der Waals surface area contributed by atoms with E-state index < -0.39 is 29.3 Å². The molecule has 22 heavy (non-hydrogen) atoms. The van der Waals surface area contributed by atoms with Gasteiger partial charge in [-0.2, -0.15) is 0 Å². The zero-order valence-corrected chi connectivity index (χ0v) is 11.7. The van der Waals surface area contributed by atoms with Gasteiger partial charge in [-0.1, -0.05) is 0 Å². The van der Waals surface area contributed by atoms with Gasteiger partial charge in [-0.05, 0) is 19.1 Å². The summed E-state index contributed by atoms with van der Waals surface area (Å²) in [5.74, 6) is -2.09.